The van der Waals surface area contributed by atoms with E-state index in [4.69, 9.17) is 4.42 Å². The lowest BCUT2D eigenvalue weighted by Crippen LogP contribution is -2.30. The molecule has 1 atom stereocenters. The van der Waals surface area contributed by atoms with Gasteiger partial charge in [0.1, 0.15) is 11.8 Å². The number of rotatable bonds is 5. The van der Waals surface area contributed by atoms with Crippen molar-refractivity contribution in [1.82, 2.24) is 9.88 Å². The number of amides is 1. The molecule has 0 fully saturated rings. The molecular formula is C19H14N2O4S. The van der Waals surface area contributed by atoms with Crippen LogP contribution in [0.15, 0.2) is 76.2 Å². The Bertz CT molecular complexity index is 962. The zero-order chi connectivity index (χ0) is 18.1. The van der Waals surface area contributed by atoms with E-state index >= 15 is 0 Å². The number of aliphatic hydroxyl groups excluding tert-OH is 1. The molecule has 0 bridgehead atoms. The average molecular weight is 366 g/mol. The summed E-state index contributed by atoms with van der Waals surface area (Å²) in [5, 5.41) is 12.2. The molecule has 26 heavy (non-hydrogen) atoms. The third kappa shape index (κ3) is 2.72. The minimum absolute atomic E-state index is 0.0382. The molecule has 3 aromatic rings. The maximum atomic E-state index is 12.9. The fourth-order valence-electron chi connectivity index (χ4n) is 3.02. The highest BCUT2D eigenvalue weighted by Gasteiger charge is 2.45. The van der Waals surface area contributed by atoms with Crippen LogP contribution in [-0.2, 0) is 11.3 Å². The van der Waals surface area contributed by atoms with Gasteiger partial charge in [-0.15, -0.1) is 11.3 Å². The van der Waals surface area contributed by atoms with Crippen molar-refractivity contribution in [3.8, 4) is 0 Å². The highest BCUT2D eigenvalue weighted by Crippen LogP contribution is 2.40. The molecule has 4 rings (SSSR count). The van der Waals surface area contributed by atoms with E-state index in [1.54, 1.807) is 48.1 Å². The van der Waals surface area contributed by atoms with Gasteiger partial charge in [0.15, 0.2) is 5.76 Å². The fourth-order valence-corrected chi connectivity index (χ4v) is 3.70. The van der Waals surface area contributed by atoms with Gasteiger partial charge < -0.3 is 14.4 Å². The number of hydrogen-bond donors (Lipinski definition) is 1. The number of hydrogen-bond acceptors (Lipinski definition) is 6. The van der Waals surface area contributed by atoms with Gasteiger partial charge >= 0.3 is 0 Å². The van der Waals surface area contributed by atoms with Gasteiger partial charge in [-0.25, -0.2) is 0 Å². The largest absolute Gasteiger partial charge is 0.503 e. The van der Waals surface area contributed by atoms with Gasteiger partial charge in [-0.2, -0.15) is 0 Å². The van der Waals surface area contributed by atoms with Crippen LogP contribution in [-0.4, -0.2) is 26.7 Å². The Morgan fingerprint density at radius 1 is 1.27 bits per heavy atom. The molecule has 1 amide bonds. The van der Waals surface area contributed by atoms with Crippen molar-refractivity contribution in [2.24, 2.45) is 0 Å². The van der Waals surface area contributed by atoms with Gasteiger partial charge in [0, 0.05) is 18.9 Å². The van der Waals surface area contributed by atoms with Crippen LogP contribution in [0.25, 0.3) is 0 Å². The number of aromatic nitrogens is 1. The molecule has 1 aliphatic heterocycles. The van der Waals surface area contributed by atoms with Gasteiger partial charge in [0.25, 0.3) is 5.91 Å². The zero-order valence-electron chi connectivity index (χ0n) is 13.5. The van der Waals surface area contributed by atoms with Gasteiger partial charge in [0.2, 0.25) is 5.78 Å². The third-order valence-electron chi connectivity index (χ3n) is 4.18. The first-order chi connectivity index (χ1) is 12.7. The Morgan fingerprint density at radius 3 is 2.81 bits per heavy atom. The van der Waals surface area contributed by atoms with Crippen LogP contribution in [0.3, 0.4) is 0 Å². The van der Waals surface area contributed by atoms with Gasteiger partial charge in [-0.1, -0.05) is 12.1 Å². The Morgan fingerprint density at radius 2 is 2.15 bits per heavy atom. The molecule has 1 unspecified atom stereocenters. The predicted octanol–water partition coefficient (Wildman–Crippen LogP) is 3.51. The Hall–Kier alpha value is -3.19. The van der Waals surface area contributed by atoms with Gasteiger partial charge in [0.05, 0.1) is 16.7 Å². The van der Waals surface area contributed by atoms with Crippen molar-refractivity contribution in [3.05, 3.63) is 88.0 Å². The summed E-state index contributed by atoms with van der Waals surface area (Å²) < 4.78 is 5.48. The average Bonchev–Trinajstić information content (AvgIpc) is 3.40. The summed E-state index contributed by atoms with van der Waals surface area (Å²) in [6.45, 7) is 0.198. The molecule has 1 N–H and O–H groups in total. The molecule has 0 spiro atoms. The van der Waals surface area contributed by atoms with Gasteiger partial charge in [-0.3, -0.25) is 14.6 Å². The van der Waals surface area contributed by atoms with Crippen LogP contribution in [0, 0.1) is 0 Å². The first-order valence-corrected chi connectivity index (χ1v) is 8.79. The van der Waals surface area contributed by atoms with Crippen LogP contribution in [0.4, 0.5) is 0 Å². The van der Waals surface area contributed by atoms with E-state index in [1.807, 2.05) is 6.07 Å². The van der Waals surface area contributed by atoms with Crippen molar-refractivity contribution in [2.75, 3.05) is 0 Å². The molecule has 1 aliphatic rings. The minimum atomic E-state index is -0.785. The summed E-state index contributed by atoms with van der Waals surface area (Å²) in [6, 6.07) is 9.60. The van der Waals surface area contributed by atoms with E-state index in [2.05, 4.69) is 4.98 Å². The van der Waals surface area contributed by atoms with Crippen molar-refractivity contribution in [2.45, 2.75) is 12.6 Å². The maximum Gasteiger partial charge on any atom is 0.290 e. The lowest BCUT2D eigenvalue weighted by molar-refractivity contribution is -0.130. The molecule has 7 heteroatoms. The lowest BCUT2D eigenvalue weighted by Gasteiger charge is -2.24. The number of aliphatic hydroxyl groups is 1. The summed E-state index contributed by atoms with van der Waals surface area (Å²) in [7, 11) is 0. The quantitative estimate of drug-likeness (QED) is 0.699. The molecular weight excluding hydrogens is 352 g/mol. The van der Waals surface area contributed by atoms with Crippen molar-refractivity contribution in [1.29, 1.82) is 0 Å². The zero-order valence-corrected chi connectivity index (χ0v) is 14.3. The van der Waals surface area contributed by atoms with Crippen LogP contribution in [0.2, 0.25) is 0 Å². The molecule has 0 aromatic carbocycles. The number of thiophene rings is 1. The van der Waals surface area contributed by atoms with Crippen LogP contribution >= 0.6 is 11.3 Å². The van der Waals surface area contributed by atoms with E-state index in [-0.39, 0.29) is 17.9 Å². The Kier molecular flexibility index (Phi) is 4.14. The highest BCUT2D eigenvalue weighted by molar-refractivity contribution is 7.12. The van der Waals surface area contributed by atoms with E-state index in [0.29, 0.717) is 10.6 Å². The van der Waals surface area contributed by atoms with Crippen molar-refractivity contribution >= 4 is 23.0 Å². The Labute approximate surface area is 153 Å². The van der Waals surface area contributed by atoms with Crippen molar-refractivity contribution < 1.29 is 19.1 Å². The molecule has 6 nitrogen and oxygen atoms in total. The summed E-state index contributed by atoms with van der Waals surface area (Å²) >= 11 is 1.26. The molecule has 130 valence electrons. The molecule has 0 saturated heterocycles. The summed E-state index contributed by atoms with van der Waals surface area (Å²) in [5.41, 5.74) is 0.825. The number of carbonyl (C=O) groups is 2. The van der Waals surface area contributed by atoms with E-state index in [1.165, 1.54) is 22.5 Å². The predicted molar refractivity (Wildman–Crippen MR) is 94.5 cm³/mol. The summed E-state index contributed by atoms with van der Waals surface area (Å²) in [4.78, 5) is 31.6. The second-order valence-corrected chi connectivity index (χ2v) is 6.73. The smallest absolute Gasteiger partial charge is 0.290 e. The standard InChI is InChI=1S/C19H14N2O4S/c22-17(14-6-3-9-26-14)15-16(13-5-2-8-25-13)21(19(24)18(15)23)11-12-4-1-7-20-10-12/h1-10,16,23H,11H2. The molecule has 0 aliphatic carbocycles. The van der Waals surface area contributed by atoms with Crippen LogP contribution < -0.4 is 0 Å². The topological polar surface area (TPSA) is 83.6 Å². The number of Topliss-reactive ketones (excluding diaryl/α,β-unsaturated/α-hetero) is 1. The number of furan rings is 1. The van der Waals surface area contributed by atoms with Crippen LogP contribution in [0.1, 0.15) is 27.0 Å². The minimum Gasteiger partial charge on any atom is -0.503 e. The number of pyridine rings is 1. The number of nitrogens with zero attached hydrogens (tertiary/aromatic N) is 2. The molecule has 4 heterocycles. The summed E-state index contributed by atoms with van der Waals surface area (Å²) in [6.07, 6.45) is 4.76. The first kappa shape index (κ1) is 16.3. The van der Waals surface area contributed by atoms with E-state index in [9.17, 15) is 14.7 Å². The molecule has 0 radical (unpaired) electrons. The monoisotopic (exact) mass is 366 g/mol. The Balaban J connectivity index is 1.77. The SMILES string of the molecule is O=C(C1=C(O)C(=O)N(Cc2cccnc2)C1c1ccco1)c1cccs1. The van der Waals surface area contributed by atoms with E-state index in [0.717, 1.165) is 5.56 Å². The normalized spacial score (nSPS) is 17.2. The first-order valence-electron chi connectivity index (χ1n) is 7.91. The second kappa shape index (κ2) is 6.61. The lowest BCUT2D eigenvalue weighted by atomic mass is 10.00. The number of carbonyl (C=O) groups excluding carboxylic acids is 2. The highest BCUT2D eigenvalue weighted by atomic mass is 32.1. The second-order valence-electron chi connectivity index (χ2n) is 5.78. The van der Waals surface area contributed by atoms with Gasteiger partial charge in [-0.05, 0) is 35.2 Å². The fraction of sp³-hybridized carbons (Fsp3) is 0.105. The van der Waals surface area contributed by atoms with E-state index < -0.39 is 17.7 Å². The number of ketones is 1. The maximum absolute atomic E-state index is 12.9. The molecule has 3 aromatic heterocycles. The van der Waals surface area contributed by atoms with Crippen molar-refractivity contribution in [3.63, 3.8) is 0 Å². The molecule has 0 saturated carbocycles. The van der Waals surface area contributed by atoms with Crippen LogP contribution in [0.5, 0.6) is 0 Å². The summed E-state index contributed by atoms with van der Waals surface area (Å²) in [5.74, 6) is -1.09. The third-order valence-corrected chi connectivity index (χ3v) is 5.05.